The van der Waals surface area contributed by atoms with Crippen LogP contribution in [0.15, 0.2) is 38.9 Å². The lowest BCUT2D eigenvalue weighted by Crippen LogP contribution is -2.11. The lowest BCUT2D eigenvalue weighted by atomic mass is 10.2. The van der Waals surface area contributed by atoms with Gasteiger partial charge in [-0.05, 0) is 12.1 Å². The summed E-state index contributed by atoms with van der Waals surface area (Å²) in [5.74, 6) is 0.216. The number of aromatic amines is 2. The Labute approximate surface area is 94.2 Å². The van der Waals surface area contributed by atoms with Crippen molar-refractivity contribution >= 4 is 23.5 Å². The molecule has 0 radical (unpaired) electrons. The van der Waals surface area contributed by atoms with Gasteiger partial charge in [-0.15, -0.1) is 0 Å². The zero-order valence-corrected chi connectivity index (χ0v) is 8.85. The molecular formula is C10H7N3O2S. The highest BCUT2D eigenvalue weighted by atomic mass is 32.2. The number of carbonyl (C=O) groups excluding carboxylic acids is 1. The van der Waals surface area contributed by atoms with Gasteiger partial charge < -0.3 is 5.32 Å². The van der Waals surface area contributed by atoms with Gasteiger partial charge in [0.1, 0.15) is 10.7 Å². The van der Waals surface area contributed by atoms with Crippen LogP contribution in [0.5, 0.6) is 0 Å². The average Bonchev–Trinajstić information content (AvgIpc) is 2.56. The van der Waals surface area contributed by atoms with Crippen molar-refractivity contribution in [2.45, 2.75) is 9.79 Å². The van der Waals surface area contributed by atoms with Gasteiger partial charge in [-0.3, -0.25) is 19.8 Å². The molecule has 1 aromatic carbocycles. The van der Waals surface area contributed by atoms with E-state index in [4.69, 9.17) is 0 Å². The smallest absolute Gasteiger partial charge is 0.280 e. The summed E-state index contributed by atoms with van der Waals surface area (Å²) >= 11 is 1.28. The lowest BCUT2D eigenvalue weighted by molar-refractivity contribution is 0.102. The van der Waals surface area contributed by atoms with E-state index in [9.17, 15) is 9.59 Å². The Kier molecular flexibility index (Phi) is 1.90. The Morgan fingerprint density at radius 3 is 2.75 bits per heavy atom. The van der Waals surface area contributed by atoms with Crippen molar-refractivity contribution in [3.05, 3.63) is 40.2 Å². The van der Waals surface area contributed by atoms with E-state index < -0.39 is 0 Å². The lowest BCUT2D eigenvalue weighted by Gasteiger charge is -2.01. The summed E-state index contributed by atoms with van der Waals surface area (Å²) in [6.45, 7) is 0. The van der Waals surface area contributed by atoms with E-state index in [1.165, 1.54) is 11.8 Å². The van der Waals surface area contributed by atoms with Gasteiger partial charge in [-0.2, -0.15) is 0 Å². The van der Waals surface area contributed by atoms with E-state index in [1.807, 2.05) is 12.1 Å². The number of hydrogen-bond acceptors (Lipinski definition) is 3. The molecule has 5 nitrogen and oxygen atoms in total. The van der Waals surface area contributed by atoms with E-state index in [2.05, 4.69) is 15.5 Å². The van der Waals surface area contributed by atoms with Crippen molar-refractivity contribution < 1.29 is 4.79 Å². The number of nitrogens with one attached hydrogen (secondary N) is 3. The molecule has 3 N–H and O–H groups in total. The van der Waals surface area contributed by atoms with Crippen LogP contribution in [-0.2, 0) is 0 Å². The van der Waals surface area contributed by atoms with Crippen molar-refractivity contribution in [2.75, 3.05) is 5.32 Å². The third kappa shape index (κ3) is 1.27. The van der Waals surface area contributed by atoms with Gasteiger partial charge in [0.2, 0.25) is 0 Å². The second-order valence-electron chi connectivity index (χ2n) is 3.34. The van der Waals surface area contributed by atoms with Crippen LogP contribution >= 0.6 is 11.8 Å². The summed E-state index contributed by atoms with van der Waals surface area (Å²) in [4.78, 5) is 24.6. The van der Waals surface area contributed by atoms with Crippen molar-refractivity contribution in [3.63, 3.8) is 0 Å². The van der Waals surface area contributed by atoms with Crippen LogP contribution in [0.2, 0.25) is 0 Å². The van der Waals surface area contributed by atoms with E-state index in [0.29, 0.717) is 16.3 Å². The normalized spacial score (nSPS) is 13.6. The summed E-state index contributed by atoms with van der Waals surface area (Å²) in [5, 5.41) is 7.74. The number of anilines is 1. The third-order valence-corrected chi connectivity index (χ3v) is 3.49. The molecule has 1 aromatic heterocycles. The summed E-state index contributed by atoms with van der Waals surface area (Å²) in [5.41, 5.74) is 0.355. The van der Waals surface area contributed by atoms with Crippen LogP contribution in [-0.4, -0.2) is 16.1 Å². The van der Waals surface area contributed by atoms with Crippen molar-refractivity contribution in [2.24, 2.45) is 0 Å². The fourth-order valence-electron chi connectivity index (χ4n) is 1.57. The fourth-order valence-corrected chi connectivity index (χ4v) is 2.55. The quantitative estimate of drug-likeness (QED) is 0.644. The van der Waals surface area contributed by atoms with Crippen molar-refractivity contribution in [1.82, 2.24) is 10.2 Å². The van der Waals surface area contributed by atoms with Gasteiger partial charge in [0.05, 0.1) is 5.56 Å². The van der Waals surface area contributed by atoms with Crippen LogP contribution in [0.4, 0.5) is 5.82 Å². The van der Waals surface area contributed by atoms with Crippen LogP contribution < -0.4 is 10.9 Å². The Morgan fingerprint density at radius 2 is 1.88 bits per heavy atom. The van der Waals surface area contributed by atoms with Crippen LogP contribution in [0.1, 0.15) is 10.4 Å². The molecule has 16 heavy (non-hydrogen) atoms. The van der Waals surface area contributed by atoms with Crippen LogP contribution in [0.25, 0.3) is 0 Å². The van der Waals surface area contributed by atoms with Gasteiger partial charge in [-0.1, -0.05) is 23.9 Å². The maximum atomic E-state index is 11.8. The van der Waals surface area contributed by atoms with E-state index in [0.717, 1.165) is 4.90 Å². The molecule has 0 spiro atoms. The monoisotopic (exact) mass is 233 g/mol. The molecule has 0 saturated heterocycles. The van der Waals surface area contributed by atoms with Crippen molar-refractivity contribution in [1.29, 1.82) is 0 Å². The van der Waals surface area contributed by atoms with Gasteiger partial charge in [0.25, 0.3) is 11.5 Å². The molecule has 1 aliphatic rings. The van der Waals surface area contributed by atoms with E-state index in [1.54, 1.807) is 12.1 Å². The van der Waals surface area contributed by atoms with Gasteiger partial charge >= 0.3 is 0 Å². The molecule has 0 saturated carbocycles. The predicted molar refractivity (Wildman–Crippen MR) is 59.9 cm³/mol. The minimum Gasteiger partial charge on any atom is -0.306 e. The first-order valence-electron chi connectivity index (χ1n) is 4.64. The number of amides is 1. The molecule has 80 valence electrons. The number of aromatic nitrogens is 2. The second-order valence-corrected chi connectivity index (χ2v) is 4.39. The molecule has 0 fully saturated rings. The first-order valence-corrected chi connectivity index (χ1v) is 5.46. The SMILES string of the molecule is O=C1Nc2[nH][nH]c(=O)c2Sc2ccccc21. The maximum Gasteiger partial charge on any atom is 0.280 e. The summed E-state index contributed by atoms with van der Waals surface area (Å²) in [6.07, 6.45) is 0. The predicted octanol–water partition coefficient (Wildman–Crippen LogP) is 1.42. The van der Waals surface area contributed by atoms with Crippen molar-refractivity contribution in [3.8, 4) is 0 Å². The third-order valence-electron chi connectivity index (χ3n) is 2.32. The molecule has 1 amide bonds. The molecule has 0 bridgehead atoms. The highest BCUT2D eigenvalue weighted by molar-refractivity contribution is 7.99. The first kappa shape index (κ1) is 9.29. The molecule has 3 rings (SSSR count). The molecule has 6 heteroatoms. The minimum atomic E-state index is -0.225. The summed E-state index contributed by atoms with van der Waals surface area (Å²) in [6, 6.07) is 7.19. The molecular weight excluding hydrogens is 226 g/mol. The van der Waals surface area contributed by atoms with E-state index in [-0.39, 0.29) is 11.5 Å². The van der Waals surface area contributed by atoms with Gasteiger partial charge in [-0.25, -0.2) is 0 Å². The molecule has 0 unspecified atom stereocenters. The molecule has 1 aliphatic heterocycles. The highest BCUT2D eigenvalue weighted by Crippen LogP contribution is 2.34. The number of H-pyrrole nitrogens is 2. The van der Waals surface area contributed by atoms with Crippen LogP contribution in [0.3, 0.4) is 0 Å². The fraction of sp³-hybridized carbons (Fsp3) is 0. The number of fused-ring (bicyclic) bond motifs is 2. The van der Waals surface area contributed by atoms with E-state index >= 15 is 0 Å². The molecule has 0 aliphatic carbocycles. The standard InChI is InChI=1S/C10H7N3O2S/c14-9-5-3-1-2-4-6(5)16-7-8(11-9)12-13-10(7)15/h1-4H,(H3,11,12,13,14,15). The molecule has 0 atom stereocenters. The maximum absolute atomic E-state index is 11.8. The van der Waals surface area contributed by atoms with Gasteiger partial charge in [0, 0.05) is 4.90 Å². The summed E-state index contributed by atoms with van der Waals surface area (Å²) < 4.78 is 0. The molecule has 2 heterocycles. The summed E-state index contributed by atoms with van der Waals surface area (Å²) in [7, 11) is 0. The Bertz CT molecular complexity index is 629. The number of carbonyl (C=O) groups is 1. The Hall–Kier alpha value is -1.95. The zero-order valence-electron chi connectivity index (χ0n) is 8.03. The minimum absolute atomic E-state index is 0.211. The van der Waals surface area contributed by atoms with Gasteiger partial charge in [0.15, 0.2) is 0 Å². The number of benzene rings is 1. The average molecular weight is 233 g/mol. The zero-order chi connectivity index (χ0) is 11.1. The molecule has 2 aromatic rings. The topological polar surface area (TPSA) is 77.8 Å². The highest BCUT2D eigenvalue weighted by Gasteiger charge is 2.22. The number of hydrogen-bond donors (Lipinski definition) is 3. The van der Waals surface area contributed by atoms with Crippen LogP contribution in [0, 0.1) is 0 Å². The second kappa shape index (κ2) is 3.28. The first-order chi connectivity index (χ1) is 7.75. The number of rotatable bonds is 0. The largest absolute Gasteiger partial charge is 0.306 e. The Morgan fingerprint density at radius 1 is 1.06 bits per heavy atom. The Balaban J connectivity index is 2.24.